The van der Waals surface area contributed by atoms with Gasteiger partial charge in [0.1, 0.15) is 0 Å². The minimum Gasteiger partial charge on any atom is -0.469 e. The van der Waals surface area contributed by atoms with E-state index in [0.717, 1.165) is 25.5 Å². The molecule has 0 spiro atoms. The van der Waals surface area contributed by atoms with Gasteiger partial charge in [-0.1, -0.05) is 6.07 Å². The Kier molecular flexibility index (Phi) is 7.65. The lowest BCUT2D eigenvalue weighted by Gasteiger charge is -2.10. The van der Waals surface area contributed by atoms with E-state index in [1.54, 1.807) is 11.3 Å². The Morgan fingerprint density at radius 1 is 1.47 bits per heavy atom. The highest BCUT2D eigenvalue weighted by molar-refractivity contribution is 7.09. The maximum absolute atomic E-state index is 11.0. The van der Waals surface area contributed by atoms with Crippen LogP contribution in [0, 0.1) is 0 Å². The van der Waals surface area contributed by atoms with E-state index in [1.807, 2.05) is 13.0 Å². The lowest BCUT2D eigenvalue weighted by atomic mass is 10.3. The van der Waals surface area contributed by atoms with Crippen LogP contribution < -0.4 is 10.6 Å². The molecule has 0 aliphatic rings. The van der Waals surface area contributed by atoms with Gasteiger partial charge in [0.15, 0.2) is 5.96 Å². The average Bonchev–Trinajstić information content (AvgIpc) is 2.91. The first kappa shape index (κ1) is 15.5. The first-order valence-corrected chi connectivity index (χ1v) is 7.25. The Morgan fingerprint density at radius 2 is 2.32 bits per heavy atom. The summed E-state index contributed by atoms with van der Waals surface area (Å²) >= 11 is 1.74. The summed E-state index contributed by atoms with van der Waals surface area (Å²) in [6, 6.07) is 4.15. The molecule has 0 atom stereocenters. The van der Waals surface area contributed by atoms with Crippen LogP contribution in [-0.4, -0.2) is 38.7 Å². The third-order valence-corrected chi connectivity index (χ3v) is 3.34. The monoisotopic (exact) mass is 283 g/mol. The van der Waals surface area contributed by atoms with Crippen molar-refractivity contribution in [3.63, 3.8) is 0 Å². The molecule has 1 aromatic rings. The first-order valence-electron chi connectivity index (χ1n) is 6.37. The average molecular weight is 283 g/mol. The fourth-order valence-electron chi connectivity index (χ4n) is 1.46. The van der Waals surface area contributed by atoms with Gasteiger partial charge in [-0.05, 0) is 18.4 Å². The van der Waals surface area contributed by atoms with Crippen LogP contribution in [-0.2, 0) is 16.0 Å². The third-order valence-electron chi connectivity index (χ3n) is 2.40. The summed E-state index contributed by atoms with van der Waals surface area (Å²) in [6.07, 6.45) is 1.27. The van der Waals surface area contributed by atoms with Gasteiger partial charge in [0.25, 0.3) is 0 Å². The number of ether oxygens (including phenoxy) is 1. The number of aliphatic imine (C=N–C) groups is 1. The van der Waals surface area contributed by atoms with E-state index in [0.29, 0.717) is 13.0 Å². The standard InChI is InChI=1S/C13H21N3O2S/c1-3-14-13(16-9-7-12(17)18-2)15-8-6-11-5-4-10-19-11/h4-5,10H,3,6-9H2,1-2H3,(H2,14,15,16). The fraction of sp³-hybridized carbons (Fsp3) is 0.538. The molecule has 2 N–H and O–H groups in total. The highest BCUT2D eigenvalue weighted by atomic mass is 32.1. The summed E-state index contributed by atoms with van der Waals surface area (Å²) in [5.74, 6) is 0.518. The minimum atomic E-state index is -0.220. The summed E-state index contributed by atoms with van der Waals surface area (Å²) in [6.45, 7) is 4.06. The van der Waals surface area contributed by atoms with Crippen molar-refractivity contribution in [2.24, 2.45) is 4.99 Å². The van der Waals surface area contributed by atoms with Crippen molar-refractivity contribution in [2.45, 2.75) is 19.8 Å². The van der Waals surface area contributed by atoms with E-state index in [-0.39, 0.29) is 5.97 Å². The molecule has 0 fully saturated rings. The van der Waals surface area contributed by atoms with Crippen LogP contribution in [0.15, 0.2) is 22.5 Å². The normalized spacial score (nSPS) is 11.2. The zero-order chi connectivity index (χ0) is 13.9. The Labute approximate surface area is 118 Å². The second-order valence-electron chi connectivity index (χ2n) is 3.84. The molecule has 1 aromatic heterocycles. The van der Waals surface area contributed by atoms with Crippen LogP contribution in [0.3, 0.4) is 0 Å². The van der Waals surface area contributed by atoms with Gasteiger partial charge < -0.3 is 15.4 Å². The molecular formula is C13H21N3O2S. The van der Waals surface area contributed by atoms with Gasteiger partial charge in [0, 0.05) is 30.9 Å². The van der Waals surface area contributed by atoms with E-state index in [1.165, 1.54) is 12.0 Å². The van der Waals surface area contributed by atoms with E-state index in [4.69, 9.17) is 0 Å². The number of hydrogen-bond acceptors (Lipinski definition) is 4. The molecular weight excluding hydrogens is 262 g/mol. The van der Waals surface area contributed by atoms with Gasteiger partial charge >= 0.3 is 5.97 Å². The predicted octanol–water partition coefficient (Wildman–Crippen LogP) is 1.41. The number of methoxy groups -OCH3 is 1. The van der Waals surface area contributed by atoms with Crippen LogP contribution >= 0.6 is 11.3 Å². The molecule has 0 bridgehead atoms. The summed E-state index contributed by atoms with van der Waals surface area (Å²) in [5, 5.41) is 8.32. The smallest absolute Gasteiger partial charge is 0.307 e. The molecule has 0 aliphatic heterocycles. The van der Waals surface area contributed by atoms with Gasteiger partial charge in [-0.15, -0.1) is 11.3 Å². The van der Waals surface area contributed by atoms with E-state index in [9.17, 15) is 4.79 Å². The largest absolute Gasteiger partial charge is 0.469 e. The lowest BCUT2D eigenvalue weighted by molar-refractivity contribution is -0.140. The van der Waals surface area contributed by atoms with Gasteiger partial charge in [-0.25, -0.2) is 0 Å². The summed E-state index contributed by atoms with van der Waals surface area (Å²) in [4.78, 5) is 16.8. The molecule has 0 unspecified atom stereocenters. The zero-order valence-electron chi connectivity index (χ0n) is 11.4. The number of carbonyl (C=O) groups is 1. The van der Waals surface area contributed by atoms with Gasteiger partial charge in [-0.3, -0.25) is 9.79 Å². The second kappa shape index (κ2) is 9.38. The molecule has 106 valence electrons. The zero-order valence-corrected chi connectivity index (χ0v) is 12.3. The van der Waals surface area contributed by atoms with Crippen molar-refractivity contribution in [1.29, 1.82) is 0 Å². The van der Waals surface area contributed by atoms with Crippen molar-refractivity contribution in [3.8, 4) is 0 Å². The predicted molar refractivity (Wildman–Crippen MR) is 78.6 cm³/mol. The molecule has 1 heterocycles. The quantitative estimate of drug-likeness (QED) is 0.451. The van der Waals surface area contributed by atoms with Crippen molar-refractivity contribution in [3.05, 3.63) is 22.4 Å². The van der Waals surface area contributed by atoms with Crippen LogP contribution in [0.5, 0.6) is 0 Å². The molecule has 0 radical (unpaired) electrons. The number of esters is 1. The first-order chi connectivity index (χ1) is 9.26. The number of carbonyl (C=O) groups excluding carboxylic acids is 1. The van der Waals surface area contributed by atoms with Crippen molar-refractivity contribution in [1.82, 2.24) is 10.6 Å². The molecule has 0 aromatic carbocycles. The van der Waals surface area contributed by atoms with E-state index < -0.39 is 0 Å². The van der Waals surface area contributed by atoms with Crippen molar-refractivity contribution >= 4 is 23.3 Å². The summed E-state index contributed by atoms with van der Waals surface area (Å²) < 4.78 is 4.58. The maximum Gasteiger partial charge on any atom is 0.307 e. The Morgan fingerprint density at radius 3 is 2.95 bits per heavy atom. The highest BCUT2D eigenvalue weighted by Gasteiger charge is 2.01. The number of hydrogen-bond donors (Lipinski definition) is 2. The molecule has 1 rings (SSSR count). The van der Waals surface area contributed by atoms with Crippen molar-refractivity contribution in [2.75, 3.05) is 26.7 Å². The van der Waals surface area contributed by atoms with Crippen LogP contribution in [0.4, 0.5) is 0 Å². The lowest BCUT2D eigenvalue weighted by Crippen LogP contribution is -2.38. The summed E-state index contributed by atoms with van der Waals surface area (Å²) in [5.41, 5.74) is 0. The minimum absolute atomic E-state index is 0.220. The van der Waals surface area contributed by atoms with Gasteiger partial charge in [-0.2, -0.15) is 0 Å². The van der Waals surface area contributed by atoms with Crippen LogP contribution in [0.1, 0.15) is 18.2 Å². The topological polar surface area (TPSA) is 62.7 Å². The molecule has 0 saturated carbocycles. The molecule has 0 amide bonds. The number of nitrogens with zero attached hydrogens (tertiary/aromatic N) is 1. The second-order valence-corrected chi connectivity index (χ2v) is 4.88. The number of thiophene rings is 1. The fourth-order valence-corrected chi connectivity index (χ4v) is 2.16. The Balaban J connectivity index is 2.31. The van der Waals surface area contributed by atoms with Crippen LogP contribution in [0.25, 0.3) is 0 Å². The van der Waals surface area contributed by atoms with Gasteiger partial charge in [0.2, 0.25) is 0 Å². The maximum atomic E-state index is 11.0. The van der Waals surface area contributed by atoms with Gasteiger partial charge in [0.05, 0.1) is 13.5 Å². The van der Waals surface area contributed by atoms with Crippen LogP contribution in [0.2, 0.25) is 0 Å². The highest BCUT2D eigenvalue weighted by Crippen LogP contribution is 2.08. The Bertz CT molecular complexity index is 391. The Hall–Kier alpha value is -1.56. The molecule has 6 heteroatoms. The molecule has 0 aliphatic carbocycles. The van der Waals surface area contributed by atoms with E-state index in [2.05, 4.69) is 31.8 Å². The number of nitrogens with one attached hydrogen (secondary N) is 2. The third kappa shape index (κ3) is 6.81. The summed E-state index contributed by atoms with van der Waals surface area (Å²) in [7, 11) is 1.39. The molecule has 0 saturated heterocycles. The number of rotatable bonds is 7. The molecule has 5 nitrogen and oxygen atoms in total. The van der Waals surface area contributed by atoms with E-state index >= 15 is 0 Å². The van der Waals surface area contributed by atoms with Crippen molar-refractivity contribution < 1.29 is 9.53 Å². The molecule has 19 heavy (non-hydrogen) atoms. The SMILES string of the molecule is CCNC(=NCCc1cccs1)NCCC(=O)OC. The number of guanidine groups is 1.